The van der Waals surface area contributed by atoms with Gasteiger partial charge in [0.1, 0.15) is 12.1 Å². The molecule has 0 saturated heterocycles. The molecule has 0 radical (unpaired) electrons. The Morgan fingerprint density at radius 3 is 2.31 bits per heavy atom. The average Bonchev–Trinajstić information content (AvgIpc) is 3.15. The molecule has 144 valence electrons. The summed E-state index contributed by atoms with van der Waals surface area (Å²) in [5, 5.41) is 4.93. The van der Waals surface area contributed by atoms with Gasteiger partial charge in [-0.25, -0.2) is 8.91 Å². The lowest BCUT2D eigenvalue weighted by Gasteiger charge is -2.17. The molecule has 2 aromatic heterocycles. The molecule has 0 bridgehead atoms. The zero-order chi connectivity index (χ0) is 20.4. The van der Waals surface area contributed by atoms with Gasteiger partial charge in [-0.1, -0.05) is 44.2 Å². The van der Waals surface area contributed by atoms with E-state index in [9.17, 15) is 9.18 Å². The molecule has 0 amide bonds. The fourth-order valence-corrected chi connectivity index (χ4v) is 3.72. The molecule has 2 heterocycles. The number of aldehydes is 1. The van der Waals surface area contributed by atoms with E-state index in [4.69, 9.17) is 5.10 Å². The molecule has 0 unspecified atom stereocenters. The first-order valence-corrected chi connectivity index (χ1v) is 9.59. The molecule has 0 aliphatic carbocycles. The van der Waals surface area contributed by atoms with Gasteiger partial charge in [-0.2, -0.15) is 5.10 Å². The van der Waals surface area contributed by atoms with E-state index in [1.807, 2.05) is 22.7 Å². The molecule has 4 aromatic rings. The number of allylic oxidation sites excluding steroid dienone is 1. The van der Waals surface area contributed by atoms with E-state index in [0.717, 1.165) is 39.8 Å². The second kappa shape index (κ2) is 7.84. The van der Waals surface area contributed by atoms with Crippen LogP contribution in [0.15, 0.2) is 72.8 Å². The molecule has 0 atom stereocenters. The van der Waals surface area contributed by atoms with Crippen LogP contribution < -0.4 is 0 Å². The van der Waals surface area contributed by atoms with Gasteiger partial charge in [0.15, 0.2) is 0 Å². The SMILES string of the molecule is CC(C)c1c(/C=C/C=O)c(-c2ccc(F)cc2)nn2c(-c3ccccc3)ccc12. The van der Waals surface area contributed by atoms with E-state index in [2.05, 4.69) is 38.1 Å². The maximum Gasteiger partial charge on any atom is 0.142 e. The second-order valence-electron chi connectivity index (χ2n) is 7.21. The Bertz CT molecular complexity index is 1190. The van der Waals surface area contributed by atoms with Gasteiger partial charge < -0.3 is 0 Å². The summed E-state index contributed by atoms with van der Waals surface area (Å²) < 4.78 is 15.5. The van der Waals surface area contributed by atoms with Crippen LogP contribution in [0.25, 0.3) is 34.1 Å². The summed E-state index contributed by atoms with van der Waals surface area (Å²) in [6, 6.07) is 20.5. The minimum absolute atomic E-state index is 0.199. The highest BCUT2D eigenvalue weighted by molar-refractivity contribution is 5.85. The predicted molar refractivity (Wildman–Crippen MR) is 115 cm³/mol. The predicted octanol–water partition coefficient (Wildman–Crippen LogP) is 6.14. The van der Waals surface area contributed by atoms with Crippen LogP contribution in [0, 0.1) is 5.82 Å². The van der Waals surface area contributed by atoms with E-state index in [1.165, 1.54) is 18.2 Å². The van der Waals surface area contributed by atoms with Crippen LogP contribution in [0.3, 0.4) is 0 Å². The zero-order valence-corrected chi connectivity index (χ0v) is 16.3. The van der Waals surface area contributed by atoms with Crippen LogP contribution in [-0.4, -0.2) is 15.9 Å². The maximum absolute atomic E-state index is 13.5. The van der Waals surface area contributed by atoms with Crippen LogP contribution >= 0.6 is 0 Å². The lowest BCUT2D eigenvalue weighted by atomic mass is 9.93. The topological polar surface area (TPSA) is 34.4 Å². The molecule has 29 heavy (non-hydrogen) atoms. The summed E-state index contributed by atoms with van der Waals surface area (Å²) in [7, 11) is 0. The van der Waals surface area contributed by atoms with Crippen molar-refractivity contribution in [1.82, 2.24) is 9.61 Å². The normalized spacial score (nSPS) is 11.6. The largest absolute Gasteiger partial charge is 0.299 e. The molecule has 0 aliphatic rings. The number of carbonyl (C=O) groups is 1. The van der Waals surface area contributed by atoms with Gasteiger partial charge in [0, 0.05) is 16.7 Å². The fraction of sp³-hybridized carbons (Fsp3) is 0.120. The monoisotopic (exact) mass is 384 g/mol. The van der Waals surface area contributed by atoms with Crippen molar-refractivity contribution in [2.45, 2.75) is 19.8 Å². The Labute approximate surface area is 169 Å². The fourth-order valence-electron chi connectivity index (χ4n) is 3.72. The van der Waals surface area contributed by atoms with Crippen LogP contribution in [0.4, 0.5) is 4.39 Å². The molecule has 0 fully saturated rings. The van der Waals surface area contributed by atoms with Crippen molar-refractivity contribution in [3.63, 3.8) is 0 Å². The van der Waals surface area contributed by atoms with Gasteiger partial charge in [0.05, 0.1) is 16.9 Å². The van der Waals surface area contributed by atoms with Gasteiger partial charge in [0.25, 0.3) is 0 Å². The molecule has 0 N–H and O–H groups in total. The van der Waals surface area contributed by atoms with Crippen molar-refractivity contribution >= 4 is 17.9 Å². The number of nitrogens with zero attached hydrogens (tertiary/aromatic N) is 2. The Morgan fingerprint density at radius 2 is 1.66 bits per heavy atom. The number of hydrogen-bond acceptors (Lipinski definition) is 2. The lowest BCUT2D eigenvalue weighted by molar-refractivity contribution is -0.104. The third kappa shape index (κ3) is 3.49. The summed E-state index contributed by atoms with van der Waals surface area (Å²) in [6.07, 6.45) is 4.03. The molecule has 2 aromatic carbocycles. The van der Waals surface area contributed by atoms with Crippen molar-refractivity contribution in [3.05, 3.63) is 89.8 Å². The first-order chi connectivity index (χ1) is 14.1. The Balaban J connectivity index is 2.09. The number of carbonyl (C=O) groups excluding carboxylic acids is 1. The van der Waals surface area contributed by atoms with Crippen molar-refractivity contribution in [1.29, 1.82) is 0 Å². The molecule has 0 aliphatic heterocycles. The zero-order valence-electron chi connectivity index (χ0n) is 16.3. The lowest BCUT2D eigenvalue weighted by Crippen LogP contribution is -2.06. The summed E-state index contributed by atoms with van der Waals surface area (Å²) in [5.74, 6) is -0.0978. The van der Waals surface area contributed by atoms with Crippen LogP contribution in [0.1, 0.15) is 30.9 Å². The van der Waals surface area contributed by atoms with Gasteiger partial charge in [-0.05, 0) is 60.0 Å². The first-order valence-electron chi connectivity index (χ1n) is 9.59. The number of hydrogen-bond donors (Lipinski definition) is 0. The third-order valence-corrected chi connectivity index (χ3v) is 4.98. The summed E-state index contributed by atoms with van der Waals surface area (Å²) in [6.45, 7) is 4.24. The van der Waals surface area contributed by atoms with Crippen LogP contribution in [0.2, 0.25) is 0 Å². The van der Waals surface area contributed by atoms with Gasteiger partial charge >= 0.3 is 0 Å². The van der Waals surface area contributed by atoms with E-state index in [0.29, 0.717) is 5.69 Å². The number of rotatable bonds is 5. The minimum Gasteiger partial charge on any atom is -0.299 e. The van der Waals surface area contributed by atoms with Crippen LogP contribution in [0.5, 0.6) is 0 Å². The van der Waals surface area contributed by atoms with Gasteiger partial charge in [-0.3, -0.25) is 4.79 Å². The number of halogens is 1. The average molecular weight is 384 g/mol. The molecule has 0 saturated carbocycles. The smallest absolute Gasteiger partial charge is 0.142 e. The Kier molecular flexibility index (Phi) is 5.09. The molecule has 4 rings (SSSR count). The quantitative estimate of drug-likeness (QED) is 0.306. The first kappa shape index (κ1) is 18.8. The van der Waals surface area contributed by atoms with Gasteiger partial charge in [0.2, 0.25) is 0 Å². The molecule has 0 spiro atoms. The minimum atomic E-state index is -0.296. The van der Waals surface area contributed by atoms with Crippen LogP contribution in [-0.2, 0) is 4.79 Å². The number of fused-ring (bicyclic) bond motifs is 1. The molecular formula is C25H21FN2O. The van der Waals surface area contributed by atoms with Crippen molar-refractivity contribution < 1.29 is 9.18 Å². The van der Waals surface area contributed by atoms with E-state index in [-0.39, 0.29) is 11.7 Å². The highest BCUT2D eigenvalue weighted by Crippen LogP contribution is 2.35. The van der Waals surface area contributed by atoms with Gasteiger partial charge in [-0.15, -0.1) is 0 Å². The molecular weight excluding hydrogens is 363 g/mol. The van der Waals surface area contributed by atoms with Crippen molar-refractivity contribution in [2.75, 3.05) is 0 Å². The summed E-state index contributed by atoms with van der Waals surface area (Å²) in [5.41, 5.74) is 6.53. The molecule has 4 heteroatoms. The van der Waals surface area contributed by atoms with Crippen molar-refractivity contribution in [2.24, 2.45) is 0 Å². The third-order valence-electron chi connectivity index (χ3n) is 4.98. The maximum atomic E-state index is 13.5. The Morgan fingerprint density at radius 1 is 0.931 bits per heavy atom. The standard InChI is InChI=1S/C25H21FN2O/c1-17(2)24-21(9-6-16-29)25(19-10-12-20(26)13-11-19)27-28-22(14-15-23(24)28)18-7-4-3-5-8-18/h3-17H,1-2H3/b9-6+. The highest BCUT2D eigenvalue weighted by atomic mass is 19.1. The van der Waals surface area contributed by atoms with Crippen molar-refractivity contribution in [3.8, 4) is 22.5 Å². The summed E-state index contributed by atoms with van der Waals surface area (Å²) in [4.78, 5) is 11.0. The second-order valence-corrected chi connectivity index (χ2v) is 7.21. The summed E-state index contributed by atoms with van der Waals surface area (Å²) >= 11 is 0. The van der Waals surface area contributed by atoms with E-state index < -0.39 is 0 Å². The molecule has 3 nitrogen and oxygen atoms in total. The number of aromatic nitrogens is 2. The Hall–Kier alpha value is -3.53. The van der Waals surface area contributed by atoms with E-state index in [1.54, 1.807) is 18.2 Å². The van der Waals surface area contributed by atoms with E-state index >= 15 is 0 Å². The highest BCUT2D eigenvalue weighted by Gasteiger charge is 2.19. The number of benzene rings is 2.